The second-order valence-corrected chi connectivity index (χ2v) is 2.79. The standard InChI is InChI=1S/C11H11NO2/c1-2-8-12(9-11(13)14)10-6-4-3-5-7-10/h1,3-7H,8-9H2,(H,13,14). The number of rotatable bonds is 4. The summed E-state index contributed by atoms with van der Waals surface area (Å²) in [6, 6.07) is 9.24. The molecule has 1 aromatic rings. The monoisotopic (exact) mass is 189 g/mol. The second-order valence-electron chi connectivity index (χ2n) is 2.79. The zero-order chi connectivity index (χ0) is 10.4. The van der Waals surface area contributed by atoms with Crippen LogP contribution in [0.15, 0.2) is 30.3 Å². The first-order valence-electron chi connectivity index (χ1n) is 4.19. The van der Waals surface area contributed by atoms with Crippen molar-refractivity contribution in [3.63, 3.8) is 0 Å². The number of anilines is 1. The SMILES string of the molecule is C#CCN(CC(=O)O)c1ccccc1. The van der Waals surface area contributed by atoms with E-state index < -0.39 is 5.97 Å². The Morgan fingerprint density at radius 1 is 1.43 bits per heavy atom. The van der Waals surface area contributed by atoms with Gasteiger partial charge in [-0.05, 0) is 12.1 Å². The van der Waals surface area contributed by atoms with Crippen molar-refractivity contribution in [3.05, 3.63) is 30.3 Å². The molecule has 72 valence electrons. The molecule has 14 heavy (non-hydrogen) atoms. The molecular formula is C11H11NO2. The molecule has 0 atom stereocenters. The van der Waals surface area contributed by atoms with Gasteiger partial charge in [0, 0.05) is 5.69 Å². The van der Waals surface area contributed by atoms with Gasteiger partial charge in [-0.3, -0.25) is 4.79 Å². The Balaban J connectivity index is 2.78. The normalized spacial score (nSPS) is 9.07. The molecular weight excluding hydrogens is 178 g/mol. The van der Waals surface area contributed by atoms with Gasteiger partial charge < -0.3 is 10.0 Å². The summed E-state index contributed by atoms with van der Waals surface area (Å²) in [4.78, 5) is 12.2. The van der Waals surface area contributed by atoms with Gasteiger partial charge in [0.05, 0.1) is 6.54 Å². The highest BCUT2D eigenvalue weighted by atomic mass is 16.4. The van der Waals surface area contributed by atoms with E-state index in [0.29, 0.717) is 6.54 Å². The first kappa shape index (κ1) is 10.1. The molecule has 3 nitrogen and oxygen atoms in total. The fourth-order valence-electron chi connectivity index (χ4n) is 1.15. The summed E-state index contributed by atoms with van der Waals surface area (Å²) in [5.41, 5.74) is 0.827. The summed E-state index contributed by atoms with van der Waals surface area (Å²) >= 11 is 0. The molecule has 0 saturated heterocycles. The number of benzene rings is 1. The van der Waals surface area contributed by atoms with Crippen LogP contribution in [0.4, 0.5) is 5.69 Å². The van der Waals surface area contributed by atoms with Crippen LogP contribution in [0.3, 0.4) is 0 Å². The average Bonchev–Trinajstić information content (AvgIpc) is 2.18. The molecule has 0 radical (unpaired) electrons. The molecule has 0 aliphatic carbocycles. The third kappa shape index (κ3) is 2.83. The Bertz CT molecular complexity index is 340. The van der Waals surface area contributed by atoms with Crippen molar-refractivity contribution < 1.29 is 9.90 Å². The lowest BCUT2D eigenvalue weighted by Crippen LogP contribution is -2.29. The van der Waals surface area contributed by atoms with Crippen molar-refractivity contribution >= 4 is 11.7 Å². The predicted molar refractivity (Wildman–Crippen MR) is 55.1 cm³/mol. The Morgan fingerprint density at radius 3 is 2.57 bits per heavy atom. The molecule has 0 spiro atoms. The minimum absolute atomic E-state index is 0.0752. The van der Waals surface area contributed by atoms with Crippen LogP contribution >= 0.6 is 0 Å². The molecule has 0 aliphatic heterocycles. The van der Waals surface area contributed by atoms with E-state index in [1.807, 2.05) is 30.3 Å². The number of hydrogen-bond acceptors (Lipinski definition) is 2. The quantitative estimate of drug-likeness (QED) is 0.724. The van der Waals surface area contributed by atoms with Gasteiger partial charge in [-0.2, -0.15) is 0 Å². The summed E-state index contributed by atoms with van der Waals surface area (Å²) in [7, 11) is 0. The van der Waals surface area contributed by atoms with Crippen molar-refractivity contribution in [2.75, 3.05) is 18.0 Å². The molecule has 0 fully saturated rings. The van der Waals surface area contributed by atoms with Crippen LogP contribution in [0.1, 0.15) is 0 Å². The van der Waals surface area contributed by atoms with E-state index >= 15 is 0 Å². The van der Waals surface area contributed by atoms with E-state index in [9.17, 15) is 4.79 Å². The minimum atomic E-state index is -0.885. The summed E-state index contributed by atoms with van der Waals surface area (Å²) in [5, 5.41) is 8.66. The molecule has 0 aromatic heterocycles. The number of aliphatic carboxylic acids is 1. The number of carbonyl (C=O) groups is 1. The third-order valence-electron chi connectivity index (χ3n) is 1.73. The molecule has 0 amide bonds. The molecule has 1 aromatic carbocycles. The van der Waals surface area contributed by atoms with E-state index in [0.717, 1.165) is 5.69 Å². The molecule has 3 heteroatoms. The van der Waals surface area contributed by atoms with Crippen LogP contribution in [-0.4, -0.2) is 24.2 Å². The summed E-state index contributed by atoms with van der Waals surface area (Å²) in [6.45, 7) is 0.227. The smallest absolute Gasteiger partial charge is 0.323 e. The highest BCUT2D eigenvalue weighted by molar-refractivity contribution is 5.73. The number of hydrogen-bond donors (Lipinski definition) is 1. The van der Waals surface area contributed by atoms with E-state index in [1.165, 1.54) is 0 Å². The number of carboxylic acids is 1. The maximum Gasteiger partial charge on any atom is 0.323 e. The third-order valence-corrected chi connectivity index (χ3v) is 1.73. The lowest BCUT2D eigenvalue weighted by Gasteiger charge is -2.19. The minimum Gasteiger partial charge on any atom is -0.480 e. The van der Waals surface area contributed by atoms with Gasteiger partial charge >= 0.3 is 5.97 Å². The summed E-state index contributed by atoms with van der Waals surface area (Å²) in [5.74, 6) is 1.55. The highest BCUT2D eigenvalue weighted by Gasteiger charge is 2.08. The number of nitrogens with zero attached hydrogens (tertiary/aromatic N) is 1. The molecule has 0 bridgehead atoms. The molecule has 1 N–H and O–H groups in total. The van der Waals surface area contributed by atoms with Gasteiger partial charge in [0.1, 0.15) is 6.54 Å². The van der Waals surface area contributed by atoms with Gasteiger partial charge in [-0.1, -0.05) is 24.1 Å². The lowest BCUT2D eigenvalue weighted by atomic mass is 10.3. The van der Waals surface area contributed by atoms with Crippen molar-refractivity contribution in [2.24, 2.45) is 0 Å². The van der Waals surface area contributed by atoms with Crippen molar-refractivity contribution in [2.45, 2.75) is 0 Å². The molecule has 0 unspecified atom stereocenters. The van der Waals surface area contributed by atoms with Crippen LogP contribution in [0.2, 0.25) is 0 Å². The van der Waals surface area contributed by atoms with Gasteiger partial charge in [0.15, 0.2) is 0 Å². The first-order chi connectivity index (χ1) is 6.74. The fraction of sp³-hybridized carbons (Fsp3) is 0.182. The van der Waals surface area contributed by atoms with Crippen LogP contribution in [-0.2, 0) is 4.79 Å². The Morgan fingerprint density at radius 2 is 2.07 bits per heavy atom. The second kappa shape index (κ2) is 4.93. The zero-order valence-electron chi connectivity index (χ0n) is 7.68. The van der Waals surface area contributed by atoms with Crippen LogP contribution in [0, 0.1) is 12.3 Å². The molecule has 0 aliphatic rings. The highest BCUT2D eigenvalue weighted by Crippen LogP contribution is 2.11. The van der Waals surface area contributed by atoms with E-state index in [2.05, 4.69) is 5.92 Å². The lowest BCUT2D eigenvalue weighted by molar-refractivity contribution is -0.135. The summed E-state index contributed by atoms with van der Waals surface area (Å²) < 4.78 is 0. The molecule has 1 rings (SSSR count). The maximum atomic E-state index is 10.5. The average molecular weight is 189 g/mol. The van der Waals surface area contributed by atoms with Gasteiger partial charge in [-0.25, -0.2) is 0 Å². The fourth-order valence-corrected chi connectivity index (χ4v) is 1.15. The van der Waals surface area contributed by atoms with E-state index in [-0.39, 0.29) is 6.54 Å². The van der Waals surface area contributed by atoms with E-state index in [4.69, 9.17) is 11.5 Å². The van der Waals surface area contributed by atoms with Crippen LogP contribution < -0.4 is 4.90 Å². The topological polar surface area (TPSA) is 40.5 Å². The summed E-state index contributed by atoms with van der Waals surface area (Å²) in [6.07, 6.45) is 5.16. The Kier molecular flexibility index (Phi) is 3.57. The molecule has 0 heterocycles. The van der Waals surface area contributed by atoms with Gasteiger partial charge in [0.2, 0.25) is 0 Å². The van der Waals surface area contributed by atoms with E-state index in [1.54, 1.807) is 4.90 Å². The number of terminal acetylenes is 1. The van der Waals surface area contributed by atoms with Crippen LogP contribution in [0.5, 0.6) is 0 Å². The Hall–Kier alpha value is -1.95. The number of carboxylic acid groups (broad SMARTS) is 1. The van der Waals surface area contributed by atoms with Gasteiger partial charge in [-0.15, -0.1) is 6.42 Å². The van der Waals surface area contributed by atoms with Gasteiger partial charge in [0.25, 0.3) is 0 Å². The molecule has 0 saturated carbocycles. The predicted octanol–water partition coefficient (Wildman–Crippen LogP) is 1.21. The largest absolute Gasteiger partial charge is 0.480 e. The maximum absolute atomic E-state index is 10.5. The first-order valence-corrected chi connectivity index (χ1v) is 4.19. The van der Waals surface area contributed by atoms with Crippen molar-refractivity contribution in [3.8, 4) is 12.3 Å². The number of para-hydroxylation sites is 1. The Labute approximate surface area is 83.0 Å². The van der Waals surface area contributed by atoms with Crippen LogP contribution in [0.25, 0.3) is 0 Å². The zero-order valence-corrected chi connectivity index (χ0v) is 7.68. The van der Waals surface area contributed by atoms with Crippen molar-refractivity contribution in [1.29, 1.82) is 0 Å². The van der Waals surface area contributed by atoms with Crippen molar-refractivity contribution in [1.82, 2.24) is 0 Å².